The molecule has 5 heteroatoms. The number of nitrogens with zero attached hydrogens (tertiary/aromatic N) is 2. The van der Waals surface area contributed by atoms with E-state index in [0.29, 0.717) is 0 Å². The molecule has 26 heavy (non-hydrogen) atoms. The zero-order valence-corrected chi connectivity index (χ0v) is 15.7. The summed E-state index contributed by atoms with van der Waals surface area (Å²) in [5.41, 5.74) is 2.32. The number of carbonyl (C=O) groups excluding carboxylic acids is 1. The molecule has 2 fully saturated rings. The van der Waals surface area contributed by atoms with Gasteiger partial charge in [0, 0.05) is 25.2 Å². The smallest absolute Gasteiger partial charge is 0.245 e. The Morgan fingerprint density at radius 1 is 1.08 bits per heavy atom. The van der Waals surface area contributed by atoms with Crippen molar-refractivity contribution in [2.24, 2.45) is 0 Å². The van der Waals surface area contributed by atoms with Gasteiger partial charge in [-0.05, 0) is 44.2 Å². The highest BCUT2D eigenvalue weighted by Gasteiger charge is 2.40. The molecule has 1 unspecified atom stereocenters. The van der Waals surface area contributed by atoms with Gasteiger partial charge in [0.15, 0.2) is 6.23 Å². The molecule has 1 amide bonds. The Morgan fingerprint density at radius 2 is 1.81 bits per heavy atom. The van der Waals surface area contributed by atoms with Gasteiger partial charge in [0.2, 0.25) is 5.91 Å². The van der Waals surface area contributed by atoms with Gasteiger partial charge in [-0.3, -0.25) is 4.79 Å². The van der Waals surface area contributed by atoms with Gasteiger partial charge in [-0.15, -0.1) is 0 Å². The van der Waals surface area contributed by atoms with E-state index in [1.165, 1.54) is 24.8 Å². The summed E-state index contributed by atoms with van der Waals surface area (Å²) in [4.78, 5) is 28.8. The minimum atomic E-state index is -0.280. The van der Waals surface area contributed by atoms with E-state index in [9.17, 15) is 4.79 Å². The molecule has 1 saturated carbocycles. The highest BCUT2D eigenvalue weighted by Crippen LogP contribution is 2.35. The van der Waals surface area contributed by atoms with Crippen LogP contribution in [0.4, 0.5) is 5.69 Å². The van der Waals surface area contributed by atoms with E-state index in [1.54, 1.807) is 0 Å². The number of rotatable bonds is 5. The third-order valence-corrected chi connectivity index (χ3v) is 6.00. The third kappa shape index (κ3) is 3.60. The second kappa shape index (κ2) is 7.97. The van der Waals surface area contributed by atoms with Gasteiger partial charge in [0.25, 0.3) is 0 Å². The number of anilines is 1. The number of likely N-dealkylation sites (tertiary alicyclic amines) is 1. The summed E-state index contributed by atoms with van der Waals surface area (Å²) in [5, 5.41) is 0. The Hall–Kier alpha value is -1.59. The van der Waals surface area contributed by atoms with Crippen LogP contribution in [0.5, 0.6) is 0 Å². The summed E-state index contributed by atoms with van der Waals surface area (Å²) < 4.78 is 0. The van der Waals surface area contributed by atoms with E-state index in [2.05, 4.69) is 17.0 Å². The number of benzene rings is 1. The van der Waals surface area contributed by atoms with E-state index in [0.717, 1.165) is 50.9 Å². The lowest BCUT2D eigenvalue weighted by atomic mass is 9.98. The Labute approximate surface area is 156 Å². The number of hydrogen-bond acceptors (Lipinski definition) is 4. The van der Waals surface area contributed by atoms with Crippen LogP contribution in [0.15, 0.2) is 24.3 Å². The maximum atomic E-state index is 13.1. The minimum Gasteiger partial charge on any atom is -0.341 e. The molecule has 0 N–H and O–H groups in total. The maximum Gasteiger partial charge on any atom is 0.245 e. The van der Waals surface area contributed by atoms with Gasteiger partial charge in [-0.1, -0.05) is 37.5 Å². The SMILES string of the molecule is CC(OOC1CCCCC1)N1c2ccccc2C[C@@H]1C(=O)N1CCCC1. The molecule has 5 nitrogen and oxygen atoms in total. The first-order valence-electron chi connectivity index (χ1n) is 10.2. The Balaban J connectivity index is 1.48. The number of carbonyl (C=O) groups is 1. The van der Waals surface area contributed by atoms with Crippen molar-refractivity contribution in [2.75, 3.05) is 18.0 Å². The van der Waals surface area contributed by atoms with Crippen LogP contribution in [-0.2, 0) is 21.0 Å². The first-order chi connectivity index (χ1) is 12.7. The molecule has 0 radical (unpaired) electrons. The molecule has 1 aliphatic carbocycles. The average Bonchev–Trinajstić information content (AvgIpc) is 3.34. The number of fused-ring (bicyclic) bond motifs is 1. The van der Waals surface area contributed by atoms with Crippen molar-refractivity contribution in [3.8, 4) is 0 Å². The topological polar surface area (TPSA) is 42.0 Å². The lowest BCUT2D eigenvalue weighted by Crippen LogP contribution is -2.50. The van der Waals surface area contributed by atoms with E-state index in [4.69, 9.17) is 9.78 Å². The van der Waals surface area contributed by atoms with Gasteiger partial charge < -0.3 is 9.80 Å². The number of hydrogen-bond donors (Lipinski definition) is 0. The van der Waals surface area contributed by atoms with Crippen molar-refractivity contribution in [1.82, 2.24) is 4.90 Å². The molecule has 1 aromatic carbocycles. The molecule has 2 aliphatic heterocycles. The molecular formula is C21H30N2O3. The molecule has 3 aliphatic rings. The quantitative estimate of drug-likeness (QED) is 0.595. The van der Waals surface area contributed by atoms with E-state index in [1.807, 2.05) is 24.0 Å². The highest BCUT2D eigenvalue weighted by molar-refractivity contribution is 5.88. The molecule has 1 saturated heterocycles. The zero-order chi connectivity index (χ0) is 17.9. The Morgan fingerprint density at radius 3 is 2.58 bits per heavy atom. The monoisotopic (exact) mass is 358 g/mol. The summed E-state index contributed by atoms with van der Waals surface area (Å²) >= 11 is 0. The minimum absolute atomic E-state index is 0.185. The van der Waals surface area contributed by atoms with E-state index in [-0.39, 0.29) is 24.3 Å². The summed E-state index contributed by atoms with van der Waals surface area (Å²) in [5.74, 6) is 0.229. The Kier molecular flexibility index (Phi) is 5.46. The fourth-order valence-corrected chi connectivity index (χ4v) is 4.58. The van der Waals surface area contributed by atoms with Crippen LogP contribution >= 0.6 is 0 Å². The standard InChI is InChI=1S/C21H30N2O3/c1-16(25-26-18-10-3-2-4-11-18)23-19-12-6-5-9-17(19)15-20(23)21(24)22-13-7-8-14-22/h5-6,9,12,16,18,20H,2-4,7-8,10-11,13-15H2,1H3/t16?,20-/m1/s1. The van der Waals surface area contributed by atoms with Crippen LogP contribution in [-0.4, -0.2) is 42.3 Å². The van der Waals surface area contributed by atoms with Crippen LogP contribution in [0.25, 0.3) is 0 Å². The van der Waals surface area contributed by atoms with Crippen molar-refractivity contribution >= 4 is 11.6 Å². The summed E-state index contributed by atoms with van der Waals surface area (Å²) in [6.45, 7) is 3.76. The highest BCUT2D eigenvalue weighted by atomic mass is 17.2. The van der Waals surface area contributed by atoms with Crippen LogP contribution in [0.1, 0.15) is 57.4 Å². The van der Waals surface area contributed by atoms with Gasteiger partial charge in [-0.2, -0.15) is 0 Å². The fourth-order valence-electron chi connectivity index (χ4n) is 4.58. The summed E-state index contributed by atoms with van der Waals surface area (Å²) in [6.07, 6.45) is 8.75. The first kappa shape index (κ1) is 17.8. The molecule has 0 spiro atoms. The van der Waals surface area contributed by atoms with Crippen LogP contribution in [0.3, 0.4) is 0 Å². The second-order valence-corrected chi connectivity index (χ2v) is 7.84. The predicted molar refractivity (Wildman–Crippen MR) is 101 cm³/mol. The molecular weight excluding hydrogens is 328 g/mol. The van der Waals surface area contributed by atoms with Crippen molar-refractivity contribution in [1.29, 1.82) is 0 Å². The first-order valence-corrected chi connectivity index (χ1v) is 10.2. The zero-order valence-electron chi connectivity index (χ0n) is 15.7. The maximum absolute atomic E-state index is 13.1. The van der Waals surface area contributed by atoms with Gasteiger partial charge in [-0.25, -0.2) is 9.78 Å². The van der Waals surface area contributed by atoms with E-state index >= 15 is 0 Å². The van der Waals surface area contributed by atoms with Gasteiger partial charge >= 0.3 is 0 Å². The van der Waals surface area contributed by atoms with Crippen molar-refractivity contribution in [3.63, 3.8) is 0 Å². The van der Waals surface area contributed by atoms with E-state index < -0.39 is 0 Å². The van der Waals surface area contributed by atoms with Crippen molar-refractivity contribution < 1.29 is 14.6 Å². The third-order valence-electron chi connectivity index (χ3n) is 6.00. The molecule has 1 aromatic rings. The molecule has 0 bridgehead atoms. The lowest BCUT2D eigenvalue weighted by molar-refractivity contribution is -0.351. The molecule has 2 heterocycles. The average molecular weight is 358 g/mol. The largest absolute Gasteiger partial charge is 0.341 e. The summed E-state index contributed by atoms with van der Waals surface area (Å²) in [6, 6.07) is 8.10. The van der Waals surface area contributed by atoms with Crippen LogP contribution < -0.4 is 4.90 Å². The van der Waals surface area contributed by atoms with Crippen molar-refractivity contribution in [2.45, 2.75) is 76.7 Å². The second-order valence-electron chi connectivity index (χ2n) is 7.84. The predicted octanol–water partition coefficient (Wildman–Crippen LogP) is 3.67. The van der Waals surface area contributed by atoms with Crippen LogP contribution in [0.2, 0.25) is 0 Å². The van der Waals surface area contributed by atoms with Gasteiger partial charge in [0.1, 0.15) is 6.04 Å². The summed E-state index contributed by atoms with van der Waals surface area (Å²) in [7, 11) is 0. The molecule has 142 valence electrons. The van der Waals surface area contributed by atoms with Gasteiger partial charge in [0.05, 0.1) is 6.10 Å². The van der Waals surface area contributed by atoms with Crippen LogP contribution in [0, 0.1) is 0 Å². The number of amides is 1. The lowest BCUT2D eigenvalue weighted by Gasteiger charge is -2.34. The molecule has 4 rings (SSSR count). The Bertz CT molecular complexity index is 623. The molecule has 2 atom stereocenters. The number of para-hydroxylation sites is 1. The fraction of sp³-hybridized carbons (Fsp3) is 0.667. The van der Waals surface area contributed by atoms with Crippen molar-refractivity contribution in [3.05, 3.63) is 29.8 Å². The molecule has 0 aromatic heterocycles. The normalized spacial score (nSPS) is 24.7.